The van der Waals surface area contributed by atoms with E-state index < -0.39 is 34.1 Å². The molecule has 3 aromatic rings. The minimum Gasteiger partial charge on any atom is -0.464 e. The molecule has 0 aliphatic carbocycles. The Bertz CT molecular complexity index is 1440. The number of carbonyl (C=O) groups excluding carboxylic acids is 2. The van der Waals surface area contributed by atoms with Crippen molar-refractivity contribution < 1.29 is 28.0 Å². The van der Waals surface area contributed by atoms with Gasteiger partial charge in [-0.2, -0.15) is 4.39 Å². The lowest BCUT2D eigenvalue weighted by atomic mass is 10.1. The van der Waals surface area contributed by atoms with E-state index in [1.54, 1.807) is 0 Å². The van der Waals surface area contributed by atoms with Crippen LogP contribution < -0.4 is 10.2 Å². The fourth-order valence-corrected chi connectivity index (χ4v) is 4.18. The van der Waals surface area contributed by atoms with Gasteiger partial charge in [0.25, 0.3) is 5.91 Å². The Hall–Kier alpha value is -4.17. The van der Waals surface area contributed by atoms with Crippen molar-refractivity contribution in [2.75, 3.05) is 50.6 Å². The van der Waals surface area contributed by atoms with Crippen LogP contribution >= 0.6 is 11.6 Å². The van der Waals surface area contributed by atoms with E-state index in [1.807, 2.05) is 11.9 Å². The molecule has 0 atom stereocenters. The number of methoxy groups -OCH3 is 1. The number of aromatic nitrogens is 3. The molecule has 0 saturated carbocycles. The number of anilines is 2. The van der Waals surface area contributed by atoms with Gasteiger partial charge in [0.2, 0.25) is 5.82 Å². The second kappa shape index (κ2) is 10.7. The Morgan fingerprint density at radius 3 is 2.47 bits per heavy atom. The Morgan fingerprint density at radius 2 is 1.84 bits per heavy atom. The Labute approximate surface area is 219 Å². The summed E-state index contributed by atoms with van der Waals surface area (Å²) in [7, 11) is 3.10. The highest BCUT2D eigenvalue weighted by Gasteiger charge is 2.27. The zero-order valence-electron chi connectivity index (χ0n) is 20.5. The predicted molar refractivity (Wildman–Crippen MR) is 133 cm³/mol. The highest BCUT2D eigenvalue weighted by Crippen LogP contribution is 2.34. The van der Waals surface area contributed by atoms with E-state index >= 15 is 4.39 Å². The number of piperazine rings is 1. The third-order valence-corrected chi connectivity index (χ3v) is 6.62. The first-order chi connectivity index (χ1) is 18.0. The number of ether oxygens (including phenoxy) is 1. The second-order valence-corrected chi connectivity index (χ2v) is 8.94. The van der Waals surface area contributed by atoms with E-state index in [9.17, 15) is 24.1 Å². The van der Waals surface area contributed by atoms with Gasteiger partial charge < -0.3 is 19.9 Å². The monoisotopic (exact) mass is 549 g/mol. The number of hydrogen-bond acceptors (Lipinski definition) is 9. The Morgan fingerprint density at radius 1 is 1.16 bits per heavy atom. The number of carbonyl (C=O) groups is 2. The molecule has 0 radical (unpaired) electrons. The van der Waals surface area contributed by atoms with Gasteiger partial charge in [0.1, 0.15) is 5.69 Å². The molecule has 200 valence electrons. The number of benzene rings is 2. The first-order valence-corrected chi connectivity index (χ1v) is 11.6. The average Bonchev–Trinajstić information content (AvgIpc) is 3.38. The molecule has 15 heteroatoms. The fourth-order valence-electron chi connectivity index (χ4n) is 3.96. The topological polar surface area (TPSA) is 136 Å². The number of halogens is 3. The van der Waals surface area contributed by atoms with E-state index in [0.717, 1.165) is 24.1 Å². The van der Waals surface area contributed by atoms with Crippen LogP contribution in [0.2, 0.25) is 5.02 Å². The third-order valence-electron chi connectivity index (χ3n) is 6.13. The average molecular weight is 550 g/mol. The number of nitro benzene ring substituents is 1. The zero-order chi connectivity index (χ0) is 27.7. The van der Waals surface area contributed by atoms with Crippen LogP contribution in [0.5, 0.6) is 0 Å². The van der Waals surface area contributed by atoms with E-state index in [1.165, 1.54) is 19.1 Å². The molecule has 1 N–H and O–H groups in total. The van der Waals surface area contributed by atoms with Gasteiger partial charge in [-0.3, -0.25) is 14.9 Å². The Kier molecular flexibility index (Phi) is 7.55. The Balaban J connectivity index is 1.79. The van der Waals surface area contributed by atoms with Crippen LogP contribution in [0.15, 0.2) is 24.4 Å². The van der Waals surface area contributed by atoms with Crippen LogP contribution in [-0.4, -0.2) is 77.0 Å². The highest BCUT2D eigenvalue weighted by atomic mass is 35.5. The summed E-state index contributed by atoms with van der Waals surface area (Å²) in [4.78, 5) is 39.3. The fraction of sp³-hybridized carbons (Fsp3) is 0.304. The summed E-state index contributed by atoms with van der Waals surface area (Å²) in [6, 6.07) is 3.24. The van der Waals surface area contributed by atoms with Crippen LogP contribution in [0, 0.1) is 28.7 Å². The summed E-state index contributed by atoms with van der Waals surface area (Å²) >= 11 is 6.17. The lowest BCUT2D eigenvalue weighted by molar-refractivity contribution is -0.387. The maximum atomic E-state index is 15.3. The number of hydrogen-bond donors (Lipinski definition) is 1. The van der Waals surface area contributed by atoms with Crippen LogP contribution in [0.1, 0.15) is 26.4 Å². The summed E-state index contributed by atoms with van der Waals surface area (Å²) < 4.78 is 35.2. The predicted octanol–water partition coefficient (Wildman–Crippen LogP) is 3.21. The number of esters is 1. The number of nitro groups is 1. The maximum absolute atomic E-state index is 15.3. The van der Waals surface area contributed by atoms with Crippen molar-refractivity contribution in [2.24, 2.45) is 0 Å². The van der Waals surface area contributed by atoms with E-state index in [2.05, 4.69) is 25.3 Å². The minimum absolute atomic E-state index is 0.131. The van der Waals surface area contributed by atoms with Gasteiger partial charge in [-0.05, 0) is 20.0 Å². The molecule has 1 saturated heterocycles. The zero-order valence-corrected chi connectivity index (χ0v) is 21.3. The van der Waals surface area contributed by atoms with Gasteiger partial charge in [0.05, 0.1) is 40.2 Å². The van der Waals surface area contributed by atoms with Gasteiger partial charge >= 0.3 is 11.7 Å². The quantitative estimate of drug-likeness (QED) is 0.279. The smallest absolute Gasteiger partial charge is 0.360 e. The van der Waals surface area contributed by atoms with Crippen LogP contribution in [0.4, 0.5) is 25.8 Å². The summed E-state index contributed by atoms with van der Waals surface area (Å²) in [5.41, 5.74) is -1.34. The van der Waals surface area contributed by atoms with Gasteiger partial charge in [0, 0.05) is 43.9 Å². The number of likely N-dealkylation sites (N-methyl/N-ethyl adjacent to an activating group) is 1. The van der Waals surface area contributed by atoms with Crippen molar-refractivity contribution >= 4 is 40.5 Å². The molecule has 0 spiro atoms. The lowest BCUT2D eigenvalue weighted by Crippen LogP contribution is -2.44. The molecule has 0 bridgehead atoms. The molecule has 38 heavy (non-hydrogen) atoms. The molecule has 1 aliphatic rings. The number of nitrogens with one attached hydrogen (secondary N) is 1. The molecule has 12 nitrogen and oxygen atoms in total. The normalized spacial score (nSPS) is 13.9. The van der Waals surface area contributed by atoms with E-state index in [-0.39, 0.29) is 33.2 Å². The molecule has 2 aromatic carbocycles. The van der Waals surface area contributed by atoms with Crippen LogP contribution in [0.3, 0.4) is 0 Å². The number of amides is 1. The van der Waals surface area contributed by atoms with Crippen molar-refractivity contribution in [3.05, 3.63) is 68.0 Å². The van der Waals surface area contributed by atoms with Gasteiger partial charge in [-0.15, -0.1) is 5.10 Å². The van der Waals surface area contributed by atoms with Crippen LogP contribution in [0.25, 0.3) is 5.69 Å². The number of nitrogens with zero attached hydrogens (tertiary/aromatic N) is 6. The number of rotatable bonds is 6. The summed E-state index contributed by atoms with van der Waals surface area (Å²) in [5.74, 6) is -3.51. The molecule has 1 fully saturated rings. The van der Waals surface area contributed by atoms with Crippen molar-refractivity contribution in [1.29, 1.82) is 0 Å². The molecular weight excluding hydrogens is 528 g/mol. The van der Waals surface area contributed by atoms with Gasteiger partial charge in [-0.25, -0.2) is 13.9 Å². The molecular formula is C23H22ClF2N7O5. The first kappa shape index (κ1) is 26.9. The van der Waals surface area contributed by atoms with E-state index in [0.29, 0.717) is 31.9 Å². The molecule has 4 rings (SSSR count). The van der Waals surface area contributed by atoms with Crippen molar-refractivity contribution in [1.82, 2.24) is 19.9 Å². The highest BCUT2D eigenvalue weighted by molar-refractivity contribution is 6.35. The minimum atomic E-state index is -1.15. The largest absolute Gasteiger partial charge is 0.464 e. The summed E-state index contributed by atoms with van der Waals surface area (Å²) in [6.07, 6.45) is 1.16. The van der Waals surface area contributed by atoms with Crippen molar-refractivity contribution in [3.8, 4) is 5.69 Å². The van der Waals surface area contributed by atoms with Crippen molar-refractivity contribution in [3.63, 3.8) is 0 Å². The standard InChI is InChI=1S/C23H22ClF2N7O5/c1-12-20(24)13(8-19(21(12)26)33(36)37)22(34)27-15-10-17(32-11-16(28-29-32)23(35)38-3)14(25)9-18(15)31-6-4-30(2)5-7-31/h8-11H,4-7H2,1-3H3,(H,27,34). The van der Waals surface area contributed by atoms with Crippen LogP contribution in [-0.2, 0) is 4.74 Å². The molecule has 1 amide bonds. The first-order valence-electron chi connectivity index (χ1n) is 11.2. The molecule has 0 unspecified atom stereocenters. The maximum Gasteiger partial charge on any atom is 0.360 e. The third kappa shape index (κ3) is 5.13. The summed E-state index contributed by atoms with van der Waals surface area (Å²) in [6.45, 7) is 3.62. The lowest BCUT2D eigenvalue weighted by Gasteiger charge is -2.35. The van der Waals surface area contributed by atoms with Gasteiger partial charge in [-0.1, -0.05) is 16.8 Å². The molecule has 1 aliphatic heterocycles. The summed E-state index contributed by atoms with van der Waals surface area (Å²) in [5, 5.41) is 21.1. The molecule has 1 aromatic heterocycles. The van der Waals surface area contributed by atoms with Crippen molar-refractivity contribution in [2.45, 2.75) is 6.92 Å². The second-order valence-electron chi connectivity index (χ2n) is 8.56. The molecule has 2 heterocycles. The van der Waals surface area contributed by atoms with E-state index in [4.69, 9.17) is 11.6 Å². The van der Waals surface area contributed by atoms with Gasteiger partial charge in [0.15, 0.2) is 11.5 Å². The SMILES string of the molecule is COC(=O)c1cn(-c2cc(NC(=O)c3cc([N+](=O)[O-])c(F)c(C)c3Cl)c(N3CCN(C)CC3)cc2F)nn1.